The first kappa shape index (κ1) is 13.9. The number of hydrogen-bond donors (Lipinski definition) is 1. The summed E-state index contributed by atoms with van der Waals surface area (Å²) >= 11 is 6.11. The van der Waals surface area contributed by atoms with Crippen molar-refractivity contribution in [1.29, 1.82) is 0 Å². The molecule has 0 radical (unpaired) electrons. The van der Waals surface area contributed by atoms with Crippen LogP contribution in [0.25, 0.3) is 11.5 Å². The second kappa shape index (κ2) is 6.08. The van der Waals surface area contributed by atoms with Crippen molar-refractivity contribution in [3.05, 3.63) is 40.8 Å². The van der Waals surface area contributed by atoms with Crippen molar-refractivity contribution in [1.82, 2.24) is 20.3 Å². The summed E-state index contributed by atoms with van der Waals surface area (Å²) in [5.41, 5.74) is 2.66. The van der Waals surface area contributed by atoms with E-state index in [2.05, 4.69) is 34.1 Å². The Balaban J connectivity index is 2.37. The average molecular weight is 277 g/mol. The zero-order valence-corrected chi connectivity index (χ0v) is 12.1. The molecular weight excluding hydrogens is 260 g/mol. The van der Waals surface area contributed by atoms with Gasteiger partial charge >= 0.3 is 0 Å². The highest BCUT2D eigenvalue weighted by molar-refractivity contribution is 6.32. The van der Waals surface area contributed by atoms with Crippen LogP contribution in [0.4, 0.5) is 0 Å². The predicted octanol–water partition coefficient (Wildman–Crippen LogP) is 3.17. The molecule has 1 unspecified atom stereocenters. The van der Waals surface area contributed by atoms with E-state index in [0.717, 1.165) is 17.8 Å². The Morgan fingerprint density at radius 3 is 2.79 bits per heavy atom. The molecule has 0 spiro atoms. The smallest absolute Gasteiger partial charge is 0.179 e. The van der Waals surface area contributed by atoms with Crippen molar-refractivity contribution in [2.24, 2.45) is 0 Å². The van der Waals surface area contributed by atoms with Gasteiger partial charge in [0, 0.05) is 29.7 Å². The van der Waals surface area contributed by atoms with Crippen molar-refractivity contribution in [3.8, 4) is 11.5 Å². The second-order valence-corrected chi connectivity index (χ2v) is 4.75. The Morgan fingerprint density at radius 1 is 1.37 bits per heavy atom. The van der Waals surface area contributed by atoms with Crippen molar-refractivity contribution < 1.29 is 0 Å². The summed E-state index contributed by atoms with van der Waals surface area (Å²) < 4.78 is 0. The Kier molecular flexibility index (Phi) is 4.45. The molecule has 19 heavy (non-hydrogen) atoms. The third-order valence-corrected chi connectivity index (χ3v) is 3.27. The molecule has 0 aliphatic heterocycles. The number of aromatic nitrogens is 3. The number of pyridine rings is 1. The van der Waals surface area contributed by atoms with E-state index in [4.69, 9.17) is 11.6 Å². The van der Waals surface area contributed by atoms with E-state index in [9.17, 15) is 0 Å². The third-order valence-electron chi connectivity index (χ3n) is 2.96. The van der Waals surface area contributed by atoms with Gasteiger partial charge in [-0.15, -0.1) is 0 Å². The lowest BCUT2D eigenvalue weighted by atomic mass is 10.1. The molecule has 0 bridgehead atoms. The molecule has 1 N–H and O–H groups in total. The molecule has 0 saturated carbocycles. The van der Waals surface area contributed by atoms with Crippen LogP contribution in [0.5, 0.6) is 0 Å². The maximum atomic E-state index is 6.11. The average Bonchev–Trinajstić information content (AvgIpc) is 2.39. The first-order valence-corrected chi connectivity index (χ1v) is 6.69. The largest absolute Gasteiger partial charge is 0.310 e. The Morgan fingerprint density at radius 2 is 2.16 bits per heavy atom. The SMILES string of the molecule is CCNC(C)c1cnc(-c2ncccc2Cl)nc1C. The van der Waals surface area contributed by atoms with Crippen LogP contribution in [-0.2, 0) is 0 Å². The molecule has 2 rings (SSSR count). The lowest BCUT2D eigenvalue weighted by molar-refractivity contribution is 0.590. The highest BCUT2D eigenvalue weighted by atomic mass is 35.5. The summed E-state index contributed by atoms with van der Waals surface area (Å²) in [5.74, 6) is 0.565. The summed E-state index contributed by atoms with van der Waals surface area (Å²) in [6.45, 7) is 7.07. The molecule has 0 aliphatic carbocycles. The summed E-state index contributed by atoms with van der Waals surface area (Å²) in [5, 5.41) is 3.92. The molecule has 2 aromatic rings. The van der Waals surface area contributed by atoms with Gasteiger partial charge in [-0.2, -0.15) is 0 Å². The fourth-order valence-electron chi connectivity index (χ4n) is 1.98. The standard InChI is InChI=1S/C14H17ClN4/c1-4-16-9(2)11-8-18-14(19-10(11)3)13-12(15)6-5-7-17-13/h5-9,16H,4H2,1-3H3. The van der Waals surface area contributed by atoms with Gasteiger partial charge in [-0.05, 0) is 32.5 Å². The first-order valence-electron chi connectivity index (χ1n) is 6.31. The minimum absolute atomic E-state index is 0.234. The van der Waals surface area contributed by atoms with Gasteiger partial charge in [-0.1, -0.05) is 18.5 Å². The second-order valence-electron chi connectivity index (χ2n) is 4.35. The van der Waals surface area contributed by atoms with Gasteiger partial charge in [0.2, 0.25) is 0 Å². The molecule has 0 saturated heterocycles. The zero-order valence-electron chi connectivity index (χ0n) is 11.3. The van der Waals surface area contributed by atoms with Gasteiger partial charge in [-0.25, -0.2) is 9.97 Å². The molecule has 2 heterocycles. The number of rotatable bonds is 4. The minimum Gasteiger partial charge on any atom is -0.310 e. The van der Waals surface area contributed by atoms with Crippen LogP contribution in [0.1, 0.15) is 31.1 Å². The highest BCUT2D eigenvalue weighted by Crippen LogP contribution is 2.23. The summed E-state index contributed by atoms with van der Waals surface area (Å²) in [4.78, 5) is 13.1. The molecule has 5 heteroatoms. The maximum absolute atomic E-state index is 6.11. The van der Waals surface area contributed by atoms with Gasteiger partial charge < -0.3 is 5.32 Å². The molecule has 100 valence electrons. The fraction of sp³-hybridized carbons (Fsp3) is 0.357. The van der Waals surface area contributed by atoms with E-state index in [1.54, 1.807) is 18.3 Å². The van der Waals surface area contributed by atoms with Crippen molar-refractivity contribution in [3.63, 3.8) is 0 Å². The quantitative estimate of drug-likeness (QED) is 0.932. The molecule has 0 amide bonds. The highest BCUT2D eigenvalue weighted by Gasteiger charge is 2.13. The van der Waals surface area contributed by atoms with Crippen LogP contribution < -0.4 is 5.32 Å². The van der Waals surface area contributed by atoms with E-state index >= 15 is 0 Å². The fourth-order valence-corrected chi connectivity index (χ4v) is 2.19. The molecule has 1 atom stereocenters. The normalized spacial score (nSPS) is 12.4. The zero-order chi connectivity index (χ0) is 13.8. The molecule has 4 nitrogen and oxygen atoms in total. The summed E-state index contributed by atoms with van der Waals surface area (Å²) in [6, 6.07) is 3.82. The van der Waals surface area contributed by atoms with E-state index < -0.39 is 0 Å². The predicted molar refractivity (Wildman–Crippen MR) is 77.1 cm³/mol. The molecule has 0 aliphatic rings. The van der Waals surface area contributed by atoms with Crippen molar-refractivity contribution in [2.75, 3.05) is 6.54 Å². The monoisotopic (exact) mass is 276 g/mol. The van der Waals surface area contributed by atoms with Crippen LogP contribution >= 0.6 is 11.6 Å². The first-order chi connectivity index (χ1) is 9.13. The molecule has 0 fully saturated rings. The maximum Gasteiger partial charge on any atom is 0.179 e. The van der Waals surface area contributed by atoms with Crippen LogP contribution in [0.3, 0.4) is 0 Å². The van der Waals surface area contributed by atoms with Crippen LogP contribution in [-0.4, -0.2) is 21.5 Å². The Labute approximate surface area is 118 Å². The van der Waals surface area contributed by atoms with E-state index in [0.29, 0.717) is 16.5 Å². The number of nitrogens with zero attached hydrogens (tertiary/aromatic N) is 3. The van der Waals surface area contributed by atoms with Gasteiger partial charge in [0.25, 0.3) is 0 Å². The molecule has 0 aromatic carbocycles. The van der Waals surface area contributed by atoms with E-state index in [-0.39, 0.29) is 6.04 Å². The van der Waals surface area contributed by atoms with Gasteiger partial charge in [-0.3, -0.25) is 4.98 Å². The van der Waals surface area contributed by atoms with Gasteiger partial charge in [0.05, 0.1) is 5.02 Å². The van der Waals surface area contributed by atoms with E-state index in [1.807, 2.05) is 13.1 Å². The van der Waals surface area contributed by atoms with Gasteiger partial charge in [0.15, 0.2) is 5.82 Å². The lowest BCUT2D eigenvalue weighted by Gasteiger charge is -2.15. The lowest BCUT2D eigenvalue weighted by Crippen LogP contribution is -2.19. The summed E-state index contributed by atoms with van der Waals surface area (Å²) in [6.07, 6.45) is 3.53. The minimum atomic E-state index is 0.234. The van der Waals surface area contributed by atoms with Gasteiger partial charge in [0.1, 0.15) is 5.69 Å². The Hall–Kier alpha value is -1.52. The molecular formula is C14H17ClN4. The van der Waals surface area contributed by atoms with Crippen molar-refractivity contribution >= 4 is 11.6 Å². The van der Waals surface area contributed by atoms with Crippen molar-refractivity contribution in [2.45, 2.75) is 26.8 Å². The van der Waals surface area contributed by atoms with E-state index in [1.165, 1.54) is 0 Å². The Bertz CT molecular complexity index is 571. The van der Waals surface area contributed by atoms with Crippen LogP contribution in [0.15, 0.2) is 24.5 Å². The number of aryl methyl sites for hydroxylation is 1. The number of nitrogens with one attached hydrogen (secondary N) is 1. The van der Waals surface area contributed by atoms with Crippen LogP contribution in [0, 0.1) is 6.92 Å². The number of halogens is 1. The summed E-state index contributed by atoms with van der Waals surface area (Å²) in [7, 11) is 0. The van der Waals surface area contributed by atoms with Crippen LogP contribution in [0.2, 0.25) is 5.02 Å². The topological polar surface area (TPSA) is 50.7 Å². The number of hydrogen-bond acceptors (Lipinski definition) is 4. The molecule has 2 aromatic heterocycles. The third kappa shape index (κ3) is 3.08.